The fourth-order valence-corrected chi connectivity index (χ4v) is 3.29. The van der Waals surface area contributed by atoms with E-state index in [0.717, 1.165) is 43.1 Å². The summed E-state index contributed by atoms with van der Waals surface area (Å²) in [6.07, 6.45) is 1.78. The fraction of sp³-hybridized carbons (Fsp3) is 0.389. The third kappa shape index (κ3) is 4.33. The van der Waals surface area contributed by atoms with Crippen LogP contribution < -0.4 is 4.90 Å². The number of rotatable bonds is 5. The summed E-state index contributed by atoms with van der Waals surface area (Å²) < 4.78 is 0. The van der Waals surface area contributed by atoms with Gasteiger partial charge < -0.3 is 9.80 Å². The Labute approximate surface area is 147 Å². The zero-order valence-electron chi connectivity index (χ0n) is 14.1. The zero-order chi connectivity index (χ0) is 16.9. The van der Waals surface area contributed by atoms with Crippen LogP contribution in [0.25, 0.3) is 0 Å². The molecule has 0 saturated carbocycles. The van der Waals surface area contributed by atoms with Crippen molar-refractivity contribution in [2.24, 2.45) is 0 Å². The Hall–Kier alpha value is -1.92. The molecular weight excluding hydrogens is 320 g/mol. The first-order valence-electron chi connectivity index (χ1n) is 8.11. The number of hydrogen-bond acceptors (Lipinski definition) is 6. The highest BCUT2D eigenvalue weighted by atomic mass is 32.2. The van der Waals surface area contributed by atoms with Gasteiger partial charge in [0.25, 0.3) is 0 Å². The number of benzene rings is 1. The minimum atomic E-state index is 0.105. The van der Waals surface area contributed by atoms with Crippen molar-refractivity contribution in [3.05, 3.63) is 47.7 Å². The van der Waals surface area contributed by atoms with Crippen LogP contribution in [0.4, 0.5) is 5.82 Å². The molecule has 0 atom stereocenters. The van der Waals surface area contributed by atoms with E-state index in [0.29, 0.717) is 10.9 Å². The van der Waals surface area contributed by atoms with Crippen molar-refractivity contribution in [3.63, 3.8) is 0 Å². The Morgan fingerprint density at radius 2 is 1.83 bits per heavy atom. The van der Waals surface area contributed by atoms with Crippen molar-refractivity contribution in [2.75, 3.05) is 43.9 Å². The zero-order valence-corrected chi connectivity index (χ0v) is 14.9. The van der Waals surface area contributed by atoms with Crippen LogP contribution in [0.3, 0.4) is 0 Å². The summed E-state index contributed by atoms with van der Waals surface area (Å²) in [5, 5.41) is 0.659. The predicted octanol–water partition coefficient (Wildman–Crippen LogP) is 2.51. The molecule has 0 amide bonds. The van der Waals surface area contributed by atoms with Crippen molar-refractivity contribution in [3.8, 4) is 0 Å². The number of carbonyl (C=O) groups is 1. The van der Waals surface area contributed by atoms with Crippen molar-refractivity contribution in [1.29, 1.82) is 0 Å². The molecule has 2 heterocycles. The lowest BCUT2D eigenvalue weighted by Crippen LogP contribution is -2.44. The van der Waals surface area contributed by atoms with Crippen molar-refractivity contribution in [2.45, 2.75) is 12.1 Å². The monoisotopic (exact) mass is 342 g/mol. The van der Waals surface area contributed by atoms with Crippen LogP contribution in [0, 0.1) is 6.92 Å². The van der Waals surface area contributed by atoms with Gasteiger partial charge in [-0.25, -0.2) is 9.97 Å². The number of likely N-dealkylation sites (N-methyl/N-ethyl adjacent to an activating group) is 1. The van der Waals surface area contributed by atoms with Gasteiger partial charge in [-0.1, -0.05) is 41.6 Å². The molecule has 126 valence electrons. The SMILES string of the molecule is Cc1ccc(C(=O)CSc2nccc(N3CCN(C)CC3)n2)cc1. The molecule has 1 aromatic heterocycles. The van der Waals surface area contributed by atoms with Crippen LogP contribution in [0.2, 0.25) is 0 Å². The highest BCUT2D eigenvalue weighted by molar-refractivity contribution is 7.99. The van der Waals surface area contributed by atoms with Gasteiger partial charge in [0, 0.05) is 37.9 Å². The van der Waals surface area contributed by atoms with Crippen molar-refractivity contribution in [1.82, 2.24) is 14.9 Å². The maximum absolute atomic E-state index is 12.3. The molecule has 3 rings (SSSR count). The summed E-state index contributed by atoms with van der Waals surface area (Å²) in [6.45, 7) is 6.04. The molecule has 2 aromatic rings. The van der Waals surface area contributed by atoms with Crippen molar-refractivity contribution >= 4 is 23.4 Å². The quantitative estimate of drug-likeness (QED) is 0.473. The number of aryl methyl sites for hydroxylation is 1. The summed E-state index contributed by atoms with van der Waals surface area (Å²) in [6, 6.07) is 9.61. The molecule has 0 radical (unpaired) electrons. The highest BCUT2D eigenvalue weighted by Gasteiger charge is 2.16. The van der Waals surface area contributed by atoms with Gasteiger partial charge in [0.1, 0.15) is 5.82 Å². The lowest BCUT2D eigenvalue weighted by Gasteiger charge is -2.33. The molecule has 1 aromatic carbocycles. The molecule has 1 aliphatic rings. The summed E-state index contributed by atoms with van der Waals surface area (Å²) in [7, 11) is 2.13. The smallest absolute Gasteiger partial charge is 0.189 e. The summed E-state index contributed by atoms with van der Waals surface area (Å²) in [5.74, 6) is 1.41. The topological polar surface area (TPSA) is 49.3 Å². The number of nitrogens with zero attached hydrogens (tertiary/aromatic N) is 4. The number of hydrogen-bond donors (Lipinski definition) is 0. The van der Waals surface area contributed by atoms with Gasteiger partial charge in [0.15, 0.2) is 10.9 Å². The Balaban J connectivity index is 1.60. The van der Waals surface area contributed by atoms with E-state index < -0.39 is 0 Å². The third-order valence-corrected chi connectivity index (χ3v) is 5.01. The van der Waals surface area contributed by atoms with Crippen LogP contribution in [0.1, 0.15) is 15.9 Å². The Bertz CT molecular complexity index is 696. The molecule has 1 aliphatic heterocycles. The second-order valence-electron chi connectivity index (χ2n) is 6.07. The van der Waals surface area contributed by atoms with Gasteiger partial charge >= 0.3 is 0 Å². The van der Waals surface area contributed by atoms with Gasteiger partial charge in [0.2, 0.25) is 0 Å². The number of piperazine rings is 1. The largest absolute Gasteiger partial charge is 0.354 e. The van der Waals surface area contributed by atoms with E-state index in [-0.39, 0.29) is 5.78 Å². The molecule has 0 N–H and O–H groups in total. The van der Waals surface area contributed by atoms with Crippen LogP contribution in [-0.2, 0) is 0 Å². The molecule has 0 bridgehead atoms. The first kappa shape index (κ1) is 16.9. The Morgan fingerprint density at radius 3 is 2.54 bits per heavy atom. The molecule has 24 heavy (non-hydrogen) atoms. The molecule has 6 heteroatoms. The van der Waals surface area contributed by atoms with E-state index in [4.69, 9.17) is 0 Å². The van der Waals surface area contributed by atoms with E-state index in [1.54, 1.807) is 6.20 Å². The molecule has 1 fully saturated rings. The van der Waals surface area contributed by atoms with Crippen LogP contribution in [0.5, 0.6) is 0 Å². The van der Waals surface area contributed by atoms with Gasteiger partial charge in [-0.05, 0) is 20.0 Å². The summed E-state index contributed by atoms with van der Waals surface area (Å²) in [4.78, 5) is 25.7. The van der Waals surface area contributed by atoms with Crippen LogP contribution in [-0.4, -0.2) is 59.6 Å². The summed E-state index contributed by atoms with van der Waals surface area (Å²) in [5.41, 5.74) is 1.89. The number of Topliss-reactive ketones (excluding diaryl/α,β-unsaturated/α-hetero) is 1. The van der Waals surface area contributed by atoms with Crippen molar-refractivity contribution < 1.29 is 4.79 Å². The van der Waals surface area contributed by atoms with Gasteiger partial charge in [-0.3, -0.25) is 4.79 Å². The van der Waals surface area contributed by atoms with E-state index >= 15 is 0 Å². The summed E-state index contributed by atoms with van der Waals surface area (Å²) >= 11 is 1.40. The highest BCUT2D eigenvalue weighted by Crippen LogP contribution is 2.19. The lowest BCUT2D eigenvalue weighted by atomic mass is 10.1. The molecular formula is C18H22N4OS. The van der Waals surface area contributed by atoms with E-state index in [2.05, 4.69) is 26.8 Å². The average Bonchev–Trinajstić information content (AvgIpc) is 2.61. The van der Waals surface area contributed by atoms with E-state index in [1.165, 1.54) is 11.8 Å². The van der Waals surface area contributed by atoms with Crippen LogP contribution >= 0.6 is 11.8 Å². The van der Waals surface area contributed by atoms with Gasteiger partial charge in [0.05, 0.1) is 5.75 Å². The Kier molecular flexibility index (Phi) is 5.48. The Morgan fingerprint density at radius 1 is 1.12 bits per heavy atom. The number of carbonyl (C=O) groups excluding carboxylic acids is 1. The number of thioether (sulfide) groups is 1. The minimum absolute atomic E-state index is 0.105. The minimum Gasteiger partial charge on any atom is -0.354 e. The first-order chi connectivity index (χ1) is 11.6. The number of aromatic nitrogens is 2. The fourth-order valence-electron chi connectivity index (χ4n) is 2.57. The lowest BCUT2D eigenvalue weighted by molar-refractivity contribution is 0.102. The second kappa shape index (κ2) is 7.77. The normalized spacial score (nSPS) is 15.5. The maximum Gasteiger partial charge on any atom is 0.189 e. The standard InChI is InChI=1S/C18H22N4OS/c1-14-3-5-15(6-4-14)16(23)13-24-18-19-8-7-17(20-18)22-11-9-21(2)10-12-22/h3-8H,9-13H2,1-2H3. The number of anilines is 1. The molecule has 0 spiro atoms. The predicted molar refractivity (Wildman–Crippen MR) is 98.0 cm³/mol. The first-order valence-corrected chi connectivity index (χ1v) is 9.09. The third-order valence-electron chi connectivity index (χ3n) is 4.15. The van der Waals surface area contributed by atoms with Crippen LogP contribution in [0.15, 0.2) is 41.7 Å². The van der Waals surface area contributed by atoms with E-state index in [9.17, 15) is 4.79 Å². The molecule has 5 nitrogen and oxygen atoms in total. The second-order valence-corrected chi connectivity index (χ2v) is 7.01. The molecule has 0 aliphatic carbocycles. The molecule has 0 unspecified atom stereocenters. The maximum atomic E-state index is 12.3. The van der Waals surface area contributed by atoms with Gasteiger partial charge in [-0.2, -0.15) is 0 Å². The van der Waals surface area contributed by atoms with E-state index in [1.807, 2.05) is 37.3 Å². The molecule has 1 saturated heterocycles. The van der Waals surface area contributed by atoms with Gasteiger partial charge in [-0.15, -0.1) is 0 Å². The number of ketones is 1. The average molecular weight is 342 g/mol.